The second-order valence-corrected chi connectivity index (χ2v) is 5.16. The normalized spacial score (nSPS) is 11.1. The summed E-state index contributed by atoms with van der Waals surface area (Å²) in [5.74, 6) is 3.03. The highest BCUT2D eigenvalue weighted by Gasteiger charge is 1.97. The molecule has 2 rings (SSSR count). The fourth-order valence-electron chi connectivity index (χ4n) is 1.54. The van der Waals surface area contributed by atoms with Crippen molar-refractivity contribution in [3.05, 3.63) is 36.3 Å². The summed E-state index contributed by atoms with van der Waals surface area (Å²) < 4.78 is 2.06. The Morgan fingerprint density at radius 1 is 1.31 bits per heavy atom. The fraction of sp³-hybridized carbons (Fsp3) is 0.417. The minimum atomic E-state index is 0.779. The van der Waals surface area contributed by atoms with Gasteiger partial charge in [-0.25, -0.2) is 4.98 Å². The summed E-state index contributed by atoms with van der Waals surface area (Å²) in [5.41, 5.74) is 2.36. The number of fused-ring (bicyclic) bond motifs is 1. The van der Waals surface area contributed by atoms with E-state index in [0.717, 1.165) is 23.7 Å². The van der Waals surface area contributed by atoms with Gasteiger partial charge >= 0.3 is 0 Å². The third-order valence-corrected chi connectivity index (χ3v) is 3.77. The van der Waals surface area contributed by atoms with Crippen molar-refractivity contribution < 1.29 is 0 Å². The molecule has 0 spiro atoms. The molecule has 0 aromatic carbocycles. The zero-order valence-electron chi connectivity index (χ0n) is 9.10. The van der Waals surface area contributed by atoms with Crippen LogP contribution < -0.4 is 0 Å². The third kappa shape index (κ3) is 3.16. The molecule has 0 amide bonds. The maximum Gasteiger partial charge on any atom is 0.136 e. The molecule has 0 saturated carbocycles. The molecule has 0 atom stereocenters. The van der Waals surface area contributed by atoms with Gasteiger partial charge in [0.15, 0.2) is 0 Å². The van der Waals surface area contributed by atoms with Crippen molar-refractivity contribution in [1.29, 1.82) is 0 Å². The van der Waals surface area contributed by atoms with Gasteiger partial charge in [0.1, 0.15) is 5.65 Å². The van der Waals surface area contributed by atoms with E-state index in [-0.39, 0.29) is 0 Å². The highest BCUT2D eigenvalue weighted by molar-refractivity contribution is 7.98. The Balaban J connectivity index is 1.84. The Hall–Kier alpha value is -0.670. The van der Waals surface area contributed by atoms with Gasteiger partial charge in [-0.1, -0.05) is 6.07 Å². The Kier molecular flexibility index (Phi) is 4.55. The van der Waals surface area contributed by atoms with Crippen LogP contribution in [-0.2, 0) is 5.75 Å². The van der Waals surface area contributed by atoms with E-state index in [4.69, 9.17) is 11.6 Å². The van der Waals surface area contributed by atoms with E-state index in [9.17, 15) is 0 Å². The number of hydrogen-bond donors (Lipinski definition) is 0. The molecule has 0 radical (unpaired) electrons. The molecule has 0 aliphatic carbocycles. The fourth-order valence-corrected chi connectivity index (χ4v) is 2.69. The highest BCUT2D eigenvalue weighted by Crippen LogP contribution is 2.14. The van der Waals surface area contributed by atoms with Crippen LogP contribution in [-0.4, -0.2) is 21.0 Å². The summed E-state index contributed by atoms with van der Waals surface area (Å²) in [6.07, 6.45) is 8.29. The van der Waals surface area contributed by atoms with Crippen molar-refractivity contribution in [3.8, 4) is 0 Å². The van der Waals surface area contributed by atoms with Gasteiger partial charge < -0.3 is 4.40 Å². The summed E-state index contributed by atoms with van der Waals surface area (Å²) in [5, 5.41) is 0. The average Bonchev–Trinajstić information content (AvgIpc) is 2.76. The lowest BCUT2D eigenvalue weighted by Gasteiger charge is -2.02. The quantitative estimate of drug-likeness (QED) is 0.579. The molecular formula is C12H15ClN2S. The van der Waals surface area contributed by atoms with Crippen LogP contribution in [0.2, 0.25) is 0 Å². The summed E-state index contributed by atoms with van der Waals surface area (Å²) in [4.78, 5) is 4.22. The standard InChI is InChI=1S/C12H15ClN2S/c13-5-1-2-8-16-10-11-3-4-12-14-6-7-15(12)9-11/h3-4,6-7,9H,1-2,5,8,10H2. The maximum atomic E-state index is 5.63. The first kappa shape index (κ1) is 11.8. The van der Waals surface area contributed by atoms with Crippen LogP contribution >= 0.6 is 23.4 Å². The number of nitrogens with zero attached hydrogens (tertiary/aromatic N) is 2. The first-order valence-electron chi connectivity index (χ1n) is 5.45. The van der Waals surface area contributed by atoms with Crippen molar-refractivity contribution in [1.82, 2.24) is 9.38 Å². The molecule has 16 heavy (non-hydrogen) atoms. The number of rotatable bonds is 6. The summed E-state index contributed by atoms with van der Waals surface area (Å²) >= 11 is 7.60. The van der Waals surface area contributed by atoms with E-state index in [1.54, 1.807) is 0 Å². The smallest absolute Gasteiger partial charge is 0.136 e. The van der Waals surface area contributed by atoms with Gasteiger partial charge in [-0.3, -0.25) is 0 Å². The first-order chi connectivity index (χ1) is 7.90. The predicted octanol–water partition coefficient (Wildman–Crippen LogP) is 3.59. The monoisotopic (exact) mass is 254 g/mol. The van der Waals surface area contributed by atoms with Crippen LogP contribution in [0, 0.1) is 0 Å². The molecule has 2 heterocycles. The predicted molar refractivity (Wildman–Crippen MR) is 71.3 cm³/mol. The van der Waals surface area contributed by atoms with E-state index in [2.05, 4.69) is 27.7 Å². The van der Waals surface area contributed by atoms with Crippen LogP contribution in [0.4, 0.5) is 0 Å². The number of aromatic nitrogens is 2. The third-order valence-electron chi connectivity index (χ3n) is 2.39. The molecule has 2 aromatic heterocycles. The molecule has 0 aliphatic rings. The number of thioether (sulfide) groups is 1. The van der Waals surface area contributed by atoms with E-state index in [0.29, 0.717) is 0 Å². The second-order valence-electron chi connectivity index (χ2n) is 3.68. The Bertz CT molecular complexity index is 441. The second kappa shape index (κ2) is 6.16. The number of halogens is 1. The number of unbranched alkanes of at least 4 members (excludes halogenated alkanes) is 1. The molecule has 0 fully saturated rings. The average molecular weight is 255 g/mol. The van der Waals surface area contributed by atoms with Crippen molar-refractivity contribution in [2.24, 2.45) is 0 Å². The Morgan fingerprint density at radius 2 is 2.25 bits per heavy atom. The van der Waals surface area contributed by atoms with Gasteiger partial charge in [0.05, 0.1) is 0 Å². The summed E-state index contributed by atoms with van der Waals surface area (Å²) in [6, 6.07) is 4.21. The number of hydrogen-bond acceptors (Lipinski definition) is 2. The van der Waals surface area contributed by atoms with Gasteiger partial charge in [0.25, 0.3) is 0 Å². The highest BCUT2D eigenvalue weighted by atomic mass is 35.5. The van der Waals surface area contributed by atoms with Crippen molar-refractivity contribution in [2.75, 3.05) is 11.6 Å². The van der Waals surface area contributed by atoms with Crippen LogP contribution in [0.1, 0.15) is 18.4 Å². The Morgan fingerprint density at radius 3 is 3.12 bits per heavy atom. The molecule has 2 nitrogen and oxygen atoms in total. The van der Waals surface area contributed by atoms with E-state index in [1.807, 2.05) is 24.2 Å². The van der Waals surface area contributed by atoms with Gasteiger partial charge in [-0.2, -0.15) is 11.8 Å². The molecule has 4 heteroatoms. The largest absolute Gasteiger partial charge is 0.307 e. The molecule has 0 bridgehead atoms. The van der Waals surface area contributed by atoms with Gasteiger partial charge in [-0.05, 0) is 30.2 Å². The van der Waals surface area contributed by atoms with Crippen LogP contribution in [0.25, 0.3) is 5.65 Å². The van der Waals surface area contributed by atoms with Crippen LogP contribution in [0.15, 0.2) is 30.7 Å². The molecule has 2 aromatic rings. The topological polar surface area (TPSA) is 17.3 Å². The van der Waals surface area contributed by atoms with Gasteiger partial charge in [0.2, 0.25) is 0 Å². The Labute approximate surface area is 105 Å². The molecular weight excluding hydrogens is 240 g/mol. The molecule has 0 saturated heterocycles. The van der Waals surface area contributed by atoms with Crippen LogP contribution in [0.5, 0.6) is 0 Å². The van der Waals surface area contributed by atoms with Gasteiger partial charge in [0, 0.05) is 30.2 Å². The van der Waals surface area contributed by atoms with E-state index < -0.39 is 0 Å². The lowest BCUT2D eigenvalue weighted by atomic mass is 10.3. The summed E-state index contributed by atoms with van der Waals surface area (Å²) in [6.45, 7) is 0. The van der Waals surface area contributed by atoms with E-state index >= 15 is 0 Å². The number of pyridine rings is 1. The van der Waals surface area contributed by atoms with Crippen molar-refractivity contribution in [2.45, 2.75) is 18.6 Å². The number of imidazole rings is 1. The maximum absolute atomic E-state index is 5.63. The first-order valence-corrected chi connectivity index (χ1v) is 7.14. The lowest BCUT2D eigenvalue weighted by Crippen LogP contribution is -1.89. The van der Waals surface area contributed by atoms with E-state index in [1.165, 1.54) is 17.7 Å². The van der Waals surface area contributed by atoms with Crippen LogP contribution in [0.3, 0.4) is 0 Å². The molecule has 86 valence electrons. The SMILES string of the molecule is ClCCCCSCc1ccc2nccn2c1. The van der Waals surface area contributed by atoms with Crippen molar-refractivity contribution in [3.63, 3.8) is 0 Å². The zero-order chi connectivity index (χ0) is 11.2. The minimum Gasteiger partial charge on any atom is -0.307 e. The van der Waals surface area contributed by atoms with Crippen molar-refractivity contribution >= 4 is 29.0 Å². The minimum absolute atomic E-state index is 0.779. The number of alkyl halides is 1. The lowest BCUT2D eigenvalue weighted by molar-refractivity contribution is 0.902. The summed E-state index contributed by atoms with van der Waals surface area (Å²) in [7, 11) is 0. The zero-order valence-corrected chi connectivity index (χ0v) is 10.7. The molecule has 0 aliphatic heterocycles. The molecule has 0 N–H and O–H groups in total. The van der Waals surface area contributed by atoms with Gasteiger partial charge in [-0.15, -0.1) is 11.6 Å². The molecule has 0 unspecified atom stereocenters.